The van der Waals surface area contributed by atoms with Crippen LogP contribution in [0.1, 0.15) is 34.9 Å². The number of ether oxygens (including phenoxy) is 2. The van der Waals surface area contributed by atoms with Gasteiger partial charge in [-0.3, -0.25) is 14.3 Å². The van der Waals surface area contributed by atoms with Crippen molar-refractivity contribution >= 4 is 0 Å². The number of rotatable bonds is 6. The van der Waals surface area contributed by atoms with Crippen LogP contribution in [0.3, 0.4) is 0 Å². The van der Waals surface area contributed by atoms with Gasteiger partial charge in [-0.15, -0.1) is 0 Å². The number of nitrogens with one attached hydrogen (secondary N) is 1. The van der Waals surface area contributed by atoms with Gasteiger partial charge < -0.3 is 14.6 Å². The van der Waals surface area contributed by atoms with Crippen LogP contribution in [0.25, 0.3) is 0 Å². The zero-order valence-corrected chi connectivity index (χ0v) is 19.2. The summed E-state index contributed by atoms with van der Waals surface area (Å²) in [6.07, 6.45) is -1.27. The van der Waals surface area contributed by atoms with E-state index in [1.807, 2.05) is 91.0 Å². The second-order valence-corrected chi connectivity index (χ2v) is 8.64. The minimum Gasteiger partial charge on any atom is -0.388 e. The average Bonchev–Trinajstić information content (AvgIpc) is 3.25. The van der Waals surface area contributed by atoms with Crippen LogP contribution in [0.2, 0.25) is 0 Å². The maximum absolute atomic E-state index is 12.4. The SMILES string of the molecule is Cc1cn([C@H]2C[C@H](O)[C@@H](OC(c3ccccc3)(c3ccccc3)c3ccccc3)O2)c(=O)[nH]c1=O. The molecule has 0 aliphatic carbocycles. The largest absolute Gasteiger partial charge is 0.388 e. The van der Waals surface area contributed by atoms with E-state index < -0.39 is 35.5 Å². The van der Waals surface area contributed by atoms with Crippen LogP contribution in [-0.4, -0.2) is 27.1 Å². The Labute approximate surface area is 202 Å². The molecule has 0 amide bonds. The van der Waals surface area contributed by atoms with Crippen LogP contribution in [-0.2, 0) is 15.1 Å². The lowest BCUT2D eigenvalue weighted by Gasteiger charge is -2.38. The van der Waals surface area contributed by atoms with E-state index >= 15 is 0 Å². The van der Waals surface area contributed by atoms with Gasteiger partial charge in [-0.05, 0) is 23.6 Å². The summed E-state index contributed by atoms with van der Waals surface area (Å²) in [5.74, 6) is 0. The van der Waals surface area contributed by atoms with Crippen molar-refractivity contribution in [3.05, 3.63) is 140 Å². The van der Waals surface area contributed by atoms with Crippen molar-refractivity contribution in [2.45, 2.75) is 37.6 Å². The van der Waals surface area contributed by atoms with E-state index in [0.29, 0.717) is 5.56 Å². The third kappa shape index (κ3) is 4.25. The summed E-state index contributed by atoms with van der Waals surface area (Å²) in [5.41, 5.74) is 0.846. The normalized spacial score (nSPS) is 20.1. The third-order valence-corrected chi connectivity index (χ3v) is 6.34. The van der Waals surface area contributed by atoms with Gasteiger partial charge in [-0.1, -0.05) is 91.0 Å². The highest BCUT2D eigenvalue weighted by atomic mass is 16.7. The summed E-state index contributed by atoms with van der Waals surface area (Å²) in [4.78, 5) is 26.5. The molecule has 1 aliphatic heterocycles. The molecule has 5 rings (SSSR count). The summed E-state index contributed by atoms with van der Waals surface area (Å²) in [6.45, 7) is 1.61. The number of aromatic amines is 1. The molecule has 1 aliphatic rings. The number of aliphatic hydroxyl groups excluding tert-OH is 1. The Morgan fingerprint density at radius 1 is 0.886 bits per heavy atom. The van der Waals surface area contributed by atoms with Gasteiger partial charge in [0.15, 0.2) is 6.29 Å². The van der Waals surface area contributed by atoms with Gasteiger partial charge in [-0.2, -0.15) is 0 Å². The molecule has 0 radical (unpaired) electrons. The van der Waals surface area contributed by atoms with Gasteiger partial charge in [0.25, 0.3) is 5.56 Å². The van der Waals surface area contributed by atoms with Crippen molar-refractivity contribution in [1.29, 1.82) is 0 Å². The first kappa shape index (κ1) is 23.0. The molecule has 1 aromatic heterocycles. The Morgan fingerprint density at radius 2 is 1.37 bits per heavy atom. The Hall–Kier alpha value is -3.78. The molecule has 0 saturated carbocycles. The van der Waals surface area contributed by atoms with E-state index in [0.717, 1.165) is 16.7 Å². The minimum atomic E-state index is -1.09. The van der Waals surface area contributed by atoms with E-state index in [2.05, 4.69) is 4.98 Å². The molecule has 0 unspecified atom stereocenters. The molecular formula is C28H26N2O5. The fourth-order valence-electron chi connectivity index (χ4n) is 4.60. The van der Waals surface area contributed by atoms with Gasteiger partial charge in [0.05, 0.1) is 0 Å². The Morgan fingerprint density at radius 3 is 1.86 bits per heavy atom. The molecule has 2 heterocycles. The van der Waals surface area contributed by atoms with Gasteiger partial charge in [0.2, 0.25) is 0 Å². The van der Waals surface area contributed by atoms with Gasteiger partial charge in [-0.25, -0.2) is 4.79 Å². The van der Waals surface area contributed by atoms with Crippen LogP contribution in [0.5, 0.6) is 0 Å². The van der Waals surface area contributed by atoms with Crippen molar-refractivity contribution < 1.29 is 14.6 Å². The number of benzene rings is 3. The summed E-state index contributed by atoms with van der Waals surface area (Å²) < 4.78 is 14.2. The van der Waals surface area contributed by atoms with Crippen molar-refractivity contribution in [1.82, 2.24) is 9.55 Å². The first-order valence-corrected chi connectivity index (χ1v) is 11.5. The first-order valence-electron chi connectivity index (χ1n) is 11.5. The smallest absolute Gasteiger partial charge is 0.330 e. The maximum atomic E-state index is 12.4. The number of aromatic nitrogens is 2. The average molecular weight is 471 g/mol. The van der Waals surface area contributed by atoms with E-state index in [1.54, 1.807) is 6.92 Å². The maximum Gasteiger partial charge on any atom is 0.330 e. The Bertz CT molecular complexity index is 1300. The van der Waals surface area contributed by atoms with E-state index in [1.165, 1.54) is 10.8 Å². The zero-order valence-electron chi connectivity index (χ0n) is 19.2. The molecule has 178 valence electrons. The first-order chi connectivity index (χ1) is 17.0. The molecule has 0 spiro atoms. The highest BCUT2D eigenvalue weighted by molar-refractivity contribution is 5.47. The number of hydrogen-bond donors (Lipinski definition) is 2. The second kappa shape index (κ2) is 9.46. The lowest BCUT2D eigenvalue weighted by molar-refractivity contribution is -0.216. The number of H-pyrrole nitrogens is 1. The van der Waals surface area contributed by atoms with E-state index in [4.69, 9.17) is 9.47 Å². The van der Waals surface area contributed by atoms with Crippen LogP contribution in [0.4, 0.5) is 0 Å². The summed E-state index contributed by atoms with van der Waals surface area (Å²) >= 11 is 0. The fraction of sp³-hybridized carbons (Fsp3) is 0.214. The molecule has 3 aromatic carbocycles. The van der Waals surface area contributed by atoms with Crippen molar-refractivity contribution in [3.63, 3.8) is 0 Å². The Kier molecular flexibility index (Phi) is 6.21. The van der Waals surface area contributed by atoms with E-state index in [9.17, 15) is 14.7 Å². The number of nitrogens with zero attached hydrogens (tertiary/aromatic N) is 1. The molecule has 0 bridgehead atoms. The quantitative estimate of drug-likeness (QED) is 0.421. The van der Waals surface area contributed by atoms with Crippen LogP contribution in [0.15, 0.2) is 107 Å². The number of hydrogen-bond acceptors (Lipinski definition) is 5. The predicted molar refractivity (Wildman–Crippen MR) is 131 cm³/mol. The molecule has 3 atom stereocenters. The molecule has 7 heteroatoms. The minimum absolute atomic E-state index is 0.129. The predicted octanol–water partition coefficient (Wildman–Crippen LogP) is 3.46. The summed E-state index contributed by atoms with van der Waals surface area (Å²) in [7, 11) is 0. The van der Waals surface area contributed by atoms with Crippen molar-refractivity contribution in [2.24, 2.45) is 0 Å². The topological polar surface area (TPSA) is 93.6 Å². The monoisotopic (exact) mass is 470 g/mol. The summed E-state index contributed by atoms with van der Waals surface area (Å²) in [6, 6.07) is 29.3. The molecule has 1 saturated heterocycles. The molecular weight excluding hydrogens is 444 g/mol. The fourth-order valence-corrected chi connectivity index (χ4v) is 4.60. The van der Waals surface area contributed by atoms with Crippen LogP contribution in [0, 0.1) is 6.92 Å². The highest BCUT2D eigenvalue weighted by Crippen LogP contribution is 2.44. The van der Waals surface area contributed by atoms with Gasteiger partial charge in [0.1, 0.15) is 17.9 Å². The van der Waals surface area contributed by atoms with Crippen LogP contribution >= 0.6 is 0 Å². The van der Waals surface area contributed by atoms with Crippen LogP contribution < -0.4 is 11.2 Å². The molecule has 7 nitrogen and oxygen atoms in total. The number of aryl methyl sites for hydroxylation is 1. The highest BCUT2D eigenvalue weighted by Gasteiger charge is 2.45. The lowest BCUT2D eigenvalue weighted by Crippen LogP contribution is -2.40. The van der Waals surface area contributed by atoms with Gasteiger partial charge >= 0.3 is 5.69 Å². The van der Waals surface area contributed by atoms with Crippen molar-refractivity contribution in [3.8, 4) is 0 Å². The molecule has 35 heavy (non-hydrogen) atoms. The van der Waals surface area contributed by atoms with Crippen molar-refractivity contribution in [2.75, 3.05) is 0 Å². The van der Waals surface area contributed by atoms with E-state index in [-0.39, 0.29) is 6.42 Å². The zero-order chi connectivity index (χ0) is 24.4. The number of aliphatic hydroxyl groups is 1. The molecule has 2 N–H and O–H groups in total. The molecule has 4 aromatic rings. The standard InChI is InChI=1S/C28H26N2O5/c1-19-18-30(27(33)29-25(19)32)24-17-23(31)26(34-24)35-28(20-11-5-2-6-12-20,21-13-7-3-8-14-21)22-15-9-4-10-16-22/h2-16,18,23-24,26,31H,17H2,1H3,(H,29,32,33)/t23-,24+,26+/m0/s1. The Balaban J connectivity index is 1.60. The third-order valence-electron chi connectivity index (χ3n) is 6.34. The second-order valence-electron chi connectivity index (χ2n) is 8.64. The lowest BCUT2D eigenvalue weighted by atomic mass is 9.80. The summed E-state index contributed by atoms with van der Waals surface area (Å²) in [5, 5.41) is 11.0. The molecule has 1 fully saturated rings. The van der Waals surface area contributed by atoms with Gasteiger partial charge in [0, 0.05) is 18.2 Å².